The number of hydrogen-bond donors (Lipinski definition) is 1. The van der Waals surface area contributed by atoms with Crippen molar-refractivity contribution < 1.29 is 9.53 Å². The number of amides is 1. The molecule has 0 bridgehead atoms. The number of aromatic nitrogens is 1. The number of anilines is 1. The van der Waals surface area contributed by atoms with E-state index in [1.807, 2.05) is 0 Å². The highest BCUT2D eigenvalue weighted by Gasteiger charge is 2.24. The molecule has 1 unspecified atom stereocenters. The molecule has 1 fully saturated rings. The van der Waals surface area contributed by atoms with Gasteiger partial charge in [-0.2, -0.15) is 0 Å². The Hall–Kier alpha value is -1.33. The van der Waals surface area contributed by atoms with Crippen LogP contribution in [0.2, 0.25) is 0 Å². The van der Waals surface area contributed by atoms with Gasteiger partial charge in [0.1, 0.15) is 11.5 Å². The summed E-state index contributed by atoms with van der Waals surface area (Å²) in [6, 6.07) is 5.10. The number of nitrogens with two attached hydrogens (primary N) is 1. The first-order chi connectivity index (χ1) is 8.20. The van der Waals surface area contributed by atoms with E-state index in [2.05, 4.69) is 11.9 Å². The van der Waals surface area contributed by atoms with Gasteiger partial charge in [0, 0.05) is 13.1 Å². The predicted molar refractivity (Wildman–Crippen MR) is 71.8 cm³/mol. The minimum absolute atomic E-state index is 0. The van der Waals surface area contributed by atoms with Crippen LogP contribution in [-0.2, 0) is 4.74 Å². The molecule has 0 spiro atoms. The largest absolute Gasteiger partial charge is 0.384 e. The molecule has 1 aliphatic heterocycles. The highest BCUT2D eigenvalue weighted by molar-refractivity contribution is 5.92. The third-order valence-electron chi connectivity index (χ3n) is 2.87. The van der Waals surface area contributed by atoms with Crippen LogP contribution in [0.25, 0.3) is 0 Å². The molecular formula is C12H18ClN3O2. The topological polar surface area (TPSA) is 68.5 Å². The maximum absolute atomic E-state index is 12.2. The third kappa shape index (κ3) is 3.34. The molecule has 0 saturated carbocycles. The van der Waals surface area contributed by atoms with E-state index in [1.165, 1.54) is 0 Å². The van der Waals surface area contributed by atoms with Crippen LogP contribution >= 0.6 is 12.4 Å². The quantitative estimate of drug-likeness (QED) is 0.881. The van der Waals surface area contributed by atoms with Crippen molar-refractivity contribution in [1.29, 1.82) is 0 Å². The Morgan fingerprint density at radius 1 is 1.61 bits per heavy atom. The van der Waals surface area contributed by atoms with E-state index in [-0.39, 0.29) is 24.4 Å². The second kappa shape index (κ2) is 6.56. The fraction of sp³-hybridized carbons (Fsp3) is 0.500. The smallest absolute Gasteiger partial charge is 0.272 e. The second-order valence-electron chi connectivity index (χ2n) is 4.10. The zero-order valence-electron chi connectivity index (χ0n) is 10.3. The van der Waals surface area contributed by atoms with Crippen LogP contribution < -0.4 is 5.73 Å². The summed E-state index contributed by atoms with van der Waals surface area (Å²) >= 11 is 0. The zero-order valence-corrected chi connectivity index (χ0v) is 11.2. The SMILES string of the molecule is CCC1CN(C(=O)c2cccc(N)n2)CCO1.Cl. The summed E-state index contributed by atoms with van der Waals surface area (Å²) in [5, 5.41) is 0. The van der Waals surface area contributed by atoms with Crippen molar-refractivity contribution in [1.82, 2.24) is 9.88 Å². The van der Waals surface area contributed by atoms with Crippen molar-refractivity contribution in [3.63, 3.8) is 0 Å². The van der Waals surface area contributed by atoms with Crippen LogP contribution in [0.15, 0.2) is 18.2 Å². The normalized spacial score (nSPS) is 19.2. The highest BCUT2D eigenvalue weighted by Crippen LogP contribution is 2.12. The summed E-state index contributed by atoms with van der Waals surface area (Å²) in [4.78, 5) is 18.0. The van der Waals surface area contributed by atoms with Crippen molar-refractivity contribution >= 4 is 24.1 Å². The lowest BCUT2D eigenvalue weighted by atomic mass is 10.2. The molecule has 2 heterocycles. The zero-order chi connectivity index (χ0) is 12.3. The third-order valence-corrected chi connectivity index (χ3v) is 2.87. The molecule has 1 aromatic rings. The number of nitrogens with zero attached hydrogens (tertiary/aromatic N) is 2. The van der Waals surface area contributed by atoms with E-state index >= 15 is 0 Å². The Labute approximate surface area is 113 Å². The van der Waals surface area contributed by atoms with Gasteiger partial charge >= 0.3 is 0 Å². The van der Waals surface area contributed by atoms with Crippen molar-refractivity contribution in [3.8, 4) is 0 Å². The fourth-order valence-corrected chi connectivity index (χ4v) is 1.88. The van der Waals surface area contributed by atoms with Gasteiger partial charge in [-0.15, -0.1) is 12.4 Å². The van der Waals surface area contributed by atoms with E-state index in [0.717, 1.165) is 6.42 Å². The summed E-state index contributed by atoms with van der Waals surface area (Å²) < 4.78 is 5.53. The Morgan fingerprint density at radius 2 is 2.39 bits per heavy atom. The molecule has 1 aromatic heterocycles. The number of carbonyl (C=O) groups is 1. The van der Waals surface area contributed by atoms with Crippen molar-refractivity contribution in [2.75, 3.05) is 25.4 Å². The molecule has 1 atom stereocenters. The van der Waals surface area contributed by atoms with Crippen molar-refractivity contribution in [2.45, 2.75) is 19.4 Å². The summed E-state index contributed by atoms with van der Waals surface area (Å²) in [5.74, 6) is 0.301. The average Bonchev–Trinajstić information content (AvgIpc) is 2.38. The van der Waals surface area contributed by atoms with Gasteiger partial charge in [0.15, 0.2) is 0 Å². The number of halogens is 1. The van der Waals surface area contributed by atoms with Gasteiger partial charge in [0.05, 0.1) is 12.7 Å². The monoisotopic (exact) mass is 271 g/mol. The Kier molecular flexibility index (Phi) is 5.37. The number of ether oxygens (including phenoxy) is 1. The van der Waals surface area contributed by atoms with E-state index in [1.54, 1.807) is 23.1 Å². The van der Waals surface area contributed by atoms with E-state index < -0.39 is 0 Å². The second-order valence-corrected chi connectivity index (χ2v) is 4.10. The highest BCUT2D eigenvalue weighted by atomic mass is 35.5. The standard InChI is InChI=1S/C12H17N3O2.ClH/c1-2-9-8-15(6-7-17-9)12(16)10-4-3-5-11(13)14-10;/h3-5,9H,2,6-8H2,1H3,(H2,13,14);1H. The summed E-state index contributed by atoms with van der Waals surface area (Å²) in [6.45, 7) is 3.89. The summed E-state index contributed by atoms with van der Waals surface area (Å²) in [7, 11) is 0. The molecule has 0 aliphatic carbocycles. The molecule has 1 saturated heterocycles. The van der Waals surface area contributed by atoms with Crippen LogP contribution in [0, 0.1) is 0 Å². The molecule has 0 radical (unpaired) electrons. The minimum atomic E-state index is -0.0703. The Balaban J connectivity index is 0.00000162. The molecule has 1 amide bonds. The number of nitrogen functional groups attached to an aromatic ring is 1. The van der Waals surface area contributed by atoms with E-state index in [0.29, 0.717) is 31.2 Å². The van der Waals surface area contributed by atoms with Crippen molar-refractivity contribution in [3.05, 3.63) is 23.9 Å². The molecule has 2 rings (SSSR count). The molecule has 2 N–H and O–H groups in total. The Bertz CT molecular complexity index is 414. The lowest BCUT2D eigenvalue weighted by Gasteiger charge is -2.32. The fourth-order valence-electron chi connectivity index (χ4n) is 1.88. The molecule has 5 nitrogen and oxygen atoms in total. The lowest BCUT2D eigenvalue weighted by Crippen LogP contribution is -2.45. The van der Waals surface area contributed by atoms with Crippen LogP contribution in [0.4, 0.5) is 5.82 Å². The minimum Gasteiger partial charge on any atom is -0.384 e. The molecule has 6 heteroatoms. The van der Waals surface area contributed by atoms with Gasteiger partial charge in [-0.1, -0.05) is 13.0 Å². The average molecular weight is 272 g/mol. The van der Waals surface area contributed by atoms with Gasteiger partial charge in [-0.05, 0) is 18.6 Å². The number of hydrogen-bond acceptors (Lipinski definition) is 4. The maximum atomic E-state index is 12.2. The lowest BCUT2D eigenvalue weighted by molar-refractivity contribution is -0.0228. The van der Waals surface area contributed by atoms with Crippen LogP contribution in [0.3, 0.4) is 0 Å². The molecule has 18 heavy (non-hydrogen) atoms. The van der Waals surface area contributed by atoms with Crippen LogP contribution in [-0.4, -0.2) is 41.6 Å². The van der Waals surface area contributed by atoms with Crippen LogP contribution in [0.5, 0.6) is 0 Å². The van der Waals surface area contributed by atoms with Gasteiger partial charge in [0.25, 0.3) is 5.91 Å². The molecule has 100 valence electrons. The number of pyridine rings is 1. The summed E-state index contributed by atoms with van der Waals surface area (Å²) in [5.41, 5.74) is 5.98. The van der Waals surface area contributed by atoms with E-state index in [9.17, 15) is 4.79 Å². The molecule has 0 aromatic carbocycles. The maximum Gasteiger partial charge on any atom is 0.272 e. The van der Waals surface area contributed by atoms with Gasteiger partial charge in [-0.3, -0.25) is 4.79 Å². The van der Waals surface area contributed by atoms with Crippen molar-refractivity contribution in [2.24, 2.45) is 0 Å². The van der Waals surface area contributed by atoms with Gasteiger partial charge < -0.3 is 15.4 Å². The predicted octanol–water partition coefficient (Wildman–Crippen LogP) is 1.34. The molecular weight excluding hydrogens is 254 g/mol. The Morgan fingerprint density at radius 3 is 3.06 bits per heavy atom. The van der Waals surface area contributed by atoms with Gasteiger partial charge in [0.2, 0.25) is 0 Å². The first-order valence-corrected chi connectivity index (χ1v) is 5.84. The molecule has 1 aliphatic rings. The number of carbonyl (C=O) groups excluding carboxylic acids is 1. The first kappa shape index (κ1) is 14.7. The first-order valence-electron chi connectivity index (χ1n) is 5.84. The summed E-state index contributed by atoms with van der Waals surface area (Å²) in [6.07, 6.45) is 1.04. The number of rotatable bonds is 2. The number of morpholine rings is 1. The van der Waals surface area contributed by atoms with E-state index in [4.69, 9.17) is 10.5 Å². The van der Waals surface area contributed by atoms with Gasteiger partial charge in [-0.25, -0.2) is 4.98 Å². The van der Waals surface area contributed by atoms with Crippen LogP contribution in [0.1, 0.15) is 23.8 Å².